The molecule has 2 aliphatic rings. The van der Waals surface area contributed by atoms with Gasteiger partial charge in [0.15, 0.2) is 5.78 Å². The topological polar surface area (TPSA) is 131 Å². The van der Waals surface area contributed by atoms with Crippen molar-refractivity contribution in [3.63, 3.8) is 0 Å². The second-order valence-electron chi connectivity index (χ2n) is 13.6. The highest BCUT2D eigenvalue weighted by atomic mass is 35.5. The van der Waals surface area contributed by atoms with Crippen LogP contribution in [0.25, 0.3) is 5.57 Å². The van der Waals surface area contributed by atoms with Gasteiger partial charge in [0, 0.05) is 48.7 Å². The number of Topliss-reactive ketones (excluding diaryl/α,β-unsaturated/α-hetero) is 1. The highest BCUT2D eigenvalue weighted by molar-refractivity contribution is 7.99. The Kier molecular flexibility index (Phi) is 14.2. The molecule has 3 aromatic rings. The fourth-order valence-corrected chi connectivity index (χ4v) is 8.40. The van der Waals surface area contributed by atoms with Gasteiger partial charge in [-0.3, -0.25) is 14.4 Å². The summed E-state index contributed by atoms with van der Waals surface area (Å²) in [7, 11) is 1.56. The molecular weight excluding hydrogens is 723 g/mol. The van der Waals surface area contributed by atoms with Crippen molar-refractivity contribution in [1.82, 2.24) is 15.5 Å². The van der Waals surface area contributed by atoms with Crippen molar-refractivity contribution in [2.45, 2.75) is 92.5 Å². The molecular formula is C40H47ClF3N5O3S. The van der Waals surface area contributed by atoms with E-state index < -0.39 is 35.6 Å². The van der Waals surface area contributed by atoms with Crippen LogP contribution in [0.1, 0.15) is 72.8 Å². The number of rotatable bonds is 9. The lowest BCUT2D eigenvalue weighted by Crippen LogP contribution is -2.50. The molecule has 284 valence electrons. The number of halogens is 4. The summed E-state index contributed by atoms with van der Waals surface area (Å²) in [5.41, 5.74) is 14.7. The van der Waals surface area contributed by atoms with Crippen molar-refractivity contribution in [3.8, 4) is 0 Å². The third-order valence-electron chi connectivity index (χ3n) is 9.98. The van der Waals surface area contributed by atoms with Gasteiger partial charge in [-0.1, -0.05) is 78.3 Å². The molecule has 0 bridgehead atoms. The Bertz CT molecular complexity index is 1820. The number of allylic oxidation sites excluding steroid dienone is 1. The Morgan fingerprint density at radius 3 is 2.36 bits per heavy atom. The van der Waals surface area contributed by atoms with Crippen LogP contribution in [0.15, 0.2) is 76.5 Å². The molecule has 3 atom stereocenters. The molecule has 2 amide bonds. The Labute approximate surface area is 318 Å². The summed E-state index contributed by atoms with van der Waals surface area (Å²) in [6.45, 7) is 0.825. The van der Waals surface area contributed by atoms with E-state index in [2.05, 4.69) is 10.6 Å². The fraction of sp³-hybridized carbons (Fsp3) is 0.425. The summed E-state index contributed by atoms with van der Waals surface area (Å²) in [6, 6.07) is 15.5. The smallest absolute Gasteiger partial charge is 0.350 e. The maximum absolute atomic E-state index is 14.4. The van der Waals surface area contributed by atoms with E-state index in [1.54, 1.807) is 7.05 Å². The van der Waals surface area contributed by atoms with Gasteiger partial charge in [-0.2, -0.15) is 13.2 Å². The van der Waals surface area contributed by atoms with Gasteiger partial charge in [-0.25, -0.2) is 0 Å². The number of amides is 2. The lowest BCUT2D eigenvalue weighted by molar-refractivity contribution is -0.143. The first-order valence-electron chi connectivity index (χ1n) is 18.0. The molecule has 0 radical (unpaired) electrons. The maximum Gasteiger partial charge on any atom is 0.416 e. The van der Waals surface area contributed by atoms with Crippen LogP contribution in [0.3, 0.4) is 0 Å². The van der Waals surface area contributed by atoms with Crippen LogP contribution in [-0.2, 0) is 40.1 Å². The van der Waals surface area contributed by atoms with Crippen molar-refractivity contribution in [1.29, 1.82) is 0 Å². The summed E-state index contributed by atoms with van der Waals surface area (Å²) in [5.74, 6) is -1.73. The van der Waals surface area contributed by atoms with Gasteiger partial charge in [0.05, 0.1) is 16.6 Å². The summed E-state index contributed by atoms with van der Waals surface area (Å²) >= 11 is 7.80. The SMILES string of the molecule is CN1C(=O)[C@H](CCCCN)CC(=O)[C@H](CCCN)NCc2ccccc2Sc2c(Cl)cc(C(F)(F)F)cc2CNC(=O)[C@@H]1CC1=CCc2ccccc21. The molecule has 8 nitrogen and oxygen atoms in total. The van der Waals surface area contributed by atoms with Crippen molar-refractivity contribution in [2.24, 2.45) is 17.4 Å². The van der Waals surface area contributed by atoms with Crippen LogP contribution >= 0.6 is 23.4 Å². The van der Waals surface area contributed by atoms with Crippen LogP contribution < -0.4 is 22.1 Å². The molecule has 5 rings (SSSR count). The lowest BCUT2D eigenvalue weighted by Gasteiger charge is -2.32. The Morgan fingerprint density at radius 1 is 0.906 bits per heavy atom. The summed E-state index contributed by atoms with van der Waals surface area (Å²) < 4.78 is 42.2. The third-order valence-corrected chi connectivity index (χ3v) is 11.7. The van der Waals surface area contributed by atoms with Crippen LogP contribution in [0.4, 0.5) is 13.2 Å². The van der Waals surface area contributed by atoms with Crippen LogP contribution in [0.5, 0.6) is 0 Å². The minimum Gasteiger partial charge on any atom is -0.350 e. The predicted molar refractivity (Wildman–Crippen MR) is 203 cm³/mol. The zero-order valence-corrected chi connectivity index (χ0v) is 31.4. The minimum absolute atomic E-state index is 0.0342. The average Bonchev–Trinajstić information content (AvgIpc) is 3.55. The lowest BCUT2D eigenvalue weighted by atomic mass is 9.90. The highest BCUT2D eigenvalue weighted by Gasteiger charge is 2.36. The quantitative estimate of drug-likeness (QED) is 0.174. The number of unbranched alkanes of at least 4 members (excludes halogenated alkanes) is 1. The Morgan fingerprint density at radius 2 is 1.62 bits per heavy atom. The predicted octanol–water partition coefficient (Wildman–Crippen LogP) is 6.90. The van der Waals surface area contributed by atoms with Crippen LogP contribution in [-0.4, -0.2) is 54.7 Å². The van der Waals surface area contributed by atoms with Gasteiger partial charge >= 0.3 is 6.18 Å². The second kappa shape index (κ2) is 18.6. The number of alkyl halides is 3. The van der Waals surface area contributed by atoms with Crippen LogP contribution in [0.2, 0.25) is 5.02 Å². The first-order valence-corrected chi connectivity index (χ1v) is 19.2. The number of carbonyl (C=O) groups excluding carboxylic acids is 3. The van der Waals surface area contributed by atoms with E-state index in [-0.39, 0.29) is 48.2 Å². The highest BCUT2D eigenvalue weighted by Crippen LogP contribution is 2.42. The Hall–Kier alpha value is -3.68. The van der Waals surface area contributed by atoms with E-state index in [0.29, 0.717) is 56.5 Å². The molecule has 0 aromatic heterocycles. The minimum atomic E-state index is -4.68. The first-order chi connectivity index (χ1) is 25.4. The number of hydrogen-bond acceptors (Lipinski definition) is 7. The van der Waals surface area contributed by atoms with Gasteiger partial charge in [0.2, 0.25) is 11.8 Å². The molecule has 0 unspecified atom stereocenters. The second-order valence-corrected chi connectivity index (χ2v) is 15.1. The maximum atomic E-state index is 14.4. The van der Waals surface area contributed by atoms with Gasteiger partial charge < -0.3 is 27.0 Å². The molecule has 53 heavy (non-hydrogen) atoms. The third kappa shape index (κ3) is 10.3. The molecule has 0 spiro atoms. The largest absolute Gasteiger partial charge is 0.416 e. The van der Waals surface area contributed by atoms with E-state index in [0.717, 1.165) is 39.3 Å². The molecule has 13 heteroatoms. The van der Waals surface area contributed by atoms with E-state index in [9.17, 15) is 27.6 Å². The Balaban J connectivity index is 1.59. The number of hydrogen-bond donors (Lipinski definition) is 4. The number of nitrogens with two attached hydrogens (primary N) is 2. The fourth-order valence-electron chi connectivity index (χ4n) is 6.99. The molecule has 3 aromatic carbocycles. The number of fused-ring (bicyclic) bond motifs is 3. The van der Waals surface area contributed by atoms with Crippen LogP contribution in [0, 0.1) is 5.92 Å². The number of benzene rings is 3. The van der Waals surface area contributed by atoms with Gasteiger partial charge in [-0.05, 0) is 91.2 Å². The zero-order chi connectivity index (χ0) is 38.1. The molecule has 0 fully saturated rings. The molecule has 0 saturated heterocycles. The number of nitrogens with zero attached hydrogens (tertiary/aromatic N) is 1. The average molecular weight is 770 g/mol. The molecule has 6 N–H and O–H groups in total. The molecule has 0 saturated carbocycles. The number of nitrogens with one attached hydrogen (secondary N) is 2. The van der Waals surface area contributed by atoms with Gasteiger partial charge in [0.1, 0.15) is 6.04 Å². The van der Waals surface area contributed by atoms with Gasteiger partial charge in [0.25, 0.3) is 0 Å². The van der Waals surface area contributed by atoms with Crippen molar-refractivity contribution in [2.75, 3.05) is 20.1 Å². The van der Waals surface area contributed by atoms with E-state index in [1.165, 1.54) is 16.7 Å². The van der Waals surface area contributed by atoms with Gasteiger partial charge in [-0.15, -0.1) is 0 Å². The standard InChI is InChI=1S/C40H47ClF3N5O3S/c1-49-34(20-26-16-15-25-9-2-4-12-31(25)26)38(51)48-24-29-19-30(40(42,43)44)22-32(41)37(29)53-36-14-5-3-11-28(36)23-47-33(13-8-18-46)35(50)21-27(39(49)52)10-6-7-17-45/h2-5,9,11-12,14,16,19,22,27,33-34,47H,6-8,10,13,15,17-18,20-21,23-24,45-46H2,1H3,(H,48,51)/t27-,33+,34+/m1/s1. The van der Waals surface area contributed by atoms with E-state index >= 15 is 0 Å². The van der Waals surface area contributed by atoms with Crippen molar-refractivity contribution >= 4 is 46.5 Å². The zero-order valence-electron chi connectivity index (χ0n) is 29.8. The number of likely N-dealkylation sites (N-methyl/N-ethyl adjacent to an activating group) is 1. The molecule has 1 aliphatic carbocycles. The number of carbonyl (C=O) groups is 3. The molecule has 1 aliphatic heterocycles. The van der Waals surface area contributed by atoms with E-state index in [1.807, 2.05) is 54.6 Å². The normalized spacial score (nSPS) is 20.3. The summed E-state index contributed by atoms with van der Waals surface area (Å²) in [4.78, 5) is 45.3. The summed E-state index contributed by atoms with van der Waals surface area (Å²) in [6.07, 6.45) is 0.899. The number of ketones is 1. The summed E-state index contributed by atoms with van der Waals surface area (Å²) in [5, 5.41) is 6.14. The van der Waals surface area contributed by atoms with Crippen molar-refractivity contribution in [3.05, 3.63) is 99.6 Å². The van der Waals surface area contributed by atoms with E-state index in [4.69, 9.17) is 23.1 Å². The molecule has 1 heterocycles. The monoisotopic (exact) mass is 769 g/mol. The van der Waals surface area contributed by atoms with Crippen molar-refractivity contribution < 1.29 is 27.6 Å². The first kappa shape index (κ1) is 40.5.